The van der Waals surface area contributed by atoms with Gasteiger partial charge >= 0.3 is 12.2 Å². The number of ether oxygens (including phenoxy) is 3. The zero-order valence-corrected chi connectivity index (χ0v) is 25.8. The van der Waals surface area contributed by atoms with E-state index in [1.165, 1.54) is 6.20 Å². The SMILES string of the molecule is C=CCc1c(Cl)cc2c(cnn2C2CCCCO2)c1-c1ncc2c(OCC(F)(F)F)nc(OCC34CCCN3CCC4)nc2c1F. The first-order chi connectivity index (χ1) is 22.2. The van der Waals surface area contributed by atoms with Gasteiger partial charge in [-0.15, -0.1) is 6.58 Å². The van der Waals surface area contributed by atoms with Crippen molar-refractivity contribution in [3.8, 4) is 23.1 Å². The van der Waals surface area contributed by atoms with E-state index in [-0.39, 0.29) is 41.0 Å². The first kappa shape index (κ1) is 31.1. The number of allylic oxidation sites excluding steroid dienone is 1. The van der Waals surface area contributed by atoms with E-state index in [1.54, 1.807) is 23.0 Å². The lowest BCUT2D eigenvalue weighted by atomic mass is 9.95. The predicted molar refractivity (Wildman–Crippen MR) is 164 cm³/mol. The monoisotopic (exact) mass is 660 g/mol. The van der Waals surface area contributed by atoms with Gasteiger partial charge in [0.05, 0.1) is 22.6 Å². The van der Waals surface area contributed by atoms with Gasteiger partial charge in [-0.05, 0) is 76.1 Å². The van der Waals surface area contributed by atoms with E-state index >= 15 is 4.39 Å². The molecule has 0 bridgehead atoms. The van der Waals surface area contributed by atoms with E-state index < -0.39 is 24.5 Å². The molecule has 3 saturated heterocycles. The Labute approximate surface area is 267 Å². The van der Waals surface area contributed by atoms with E-state index in [0.29, 0.717) is 40.1 Å². The van der Waals surface area contributed by atoms with Gasteiger partial charge in [0.15, 0.2) is 18.7 Å². The average Bonchev–Trinajstić information content (AvgIpc) is 3.75. The lowest BCUT2D eigenvalue weighted by Crippen LogP contribution is -2.43. The molecular weight excluding hydrogens is 628 g/mol. The standard InChI is InChI=1S/C32H33ClF4N6O3/c1-2-7-19-22(33)14-23-20(16-39-43(23)24-8-3-4-13-44-24)25(19)28-26(34)27-21(15-38-28)29(45-18-32(35,36)37)41-30(40-27)46-17-31-9-5-11-42(31)12-6-10-31/h2,14-16,24H,1,3-13,17-18H2. The summed E-state index contributed by atoms with van der Waals surface area (Å²) in [6, 6.07) is 1.51. The molecule has 0 saturated carbocycles. The average molecular weight is 661 g/mol. The molecule has 3 aliphatic rings. The van der Waals surface area contributed by atoms with E-state index in [0.717, 1.165) is 58.0 Å². The van der Waals surface area contributed by atoms with Crippen molar-refractivity contribution in [2.24, 2.45) is 0 Å². The van der Waals surface area contributed by atoms with Gasteiger partial charge < -0.3 is 14.2 Å². The van der Waals surface area contributed by atoms with Crippen LogP contribution in [0.3, 0.4) is 0 Å². The number of halogens is 5. The van der Waals surface area contributed by atoms with Crippen LogP contribution in [-0.2, 0) is 11.2 Å². The molecule has 3 fully saturated rings. The second kappa shape index (κ2) is 12.2. The molecule has 14 heteroatoms. The number of aromatic nitrogens is 5. The largest absolute Gasteiger partial charge is 0.467 e. The number of nitrogens with zero attached hydrogens (tertiary/aromatic N) is 6. The van der Waals surface area contributed by atoms with Crippen molar-refractivity contribution in [3.05, 3.63) is 47.5 Å². The minimum absolute atomic E-state index is 0.0938. The minimum Gasteiger partial charge on any atom is -0.467 e. The quantitative estimate of drug-likeness (QED) is 0.138. The van der Waals surface area contributed by atoms with Crippen molar-refractivity contribution >= 4 is 33.4 Å². The Kier molecular flexibility index (Phi) is 8.26. The van der Waals surface area contributed by atoms with Crippen molar-refractivity contribution in [2.45, 2.75) is 69.3 Å². The fourth-order valence-corrected chi connectivity index (χ4v) is 7.40. The molecular formula is C32H33ClF4N6O3. The minimum atomic E-state index is -4.65. The maximum absolute atomic E-state index is 16.8. The van der Waals surface area contributed by atoms with Crippen LogP contribution in [0.4, 0.5) is 17.6 Å². The summed E-state index contributed by atoms with van der Waals surface area (Å²) in [6.45, 7) is 4.96. The van der Waals surface area contributed by atoms with Crippen molar-refractivity contribution in [2.75, 3.05) is 32.9 Å². The van der Waals surface area contributed by atoms with Crippen molar-refractivity contribution in [3.63, 3.8) is 0 Å². The molecule has 0 N–H and O–H groups in total. The Hall–Kier alpha value is -3.55. The van der Waals surface area contributed by atoms with Gasteiger partial charge in [-0.3, -0.25) is 9.88 Å². The summed E-state index contributed by atoms with van der Waals surface area (Å²) in [5.74, 6) is -1.34. The molecule has 6 heterocycles. The third kappa shape index (κ3) is 5.66. The summed E-state index contributed by atoms with van der Waals surface area (Å²) in [5, 5.41) is 5.41. The van der Waals surface area contributed by atoms with Crippen LogP contribution in [0.15, 0.2) is 31.1 Å². The molecule has 9 nitrogen and oxygen atoms in total. The number of alkyl halides is 3. The Morgan fingerprint density at radius 1 is 1.09 bits per heavy atom. The molecule has 0 radical (unpaired) electrons. The molecule has 0 spiro atoms. The second-order valence-electron chi connectivity index (χ2n) is 12.2. The molecule has 3 aromatic heterocycles. The Morgan fingerprint density at radius 3 is 2.61 bits per heavy atom. The molecule has 7 rings (SSSR count). The first-order valence-electron chi connectivity index (χ1n) is 15.5. The fourth-order valence-electron chi connectivity index (χ4n) is 7.13. The maximum atomic E-state index is 16.8. The first-order valence-corrected chi connectivity index (χ1v) is 15.9. The highest BCUT2D eigenvalue weighted by atomic mass is 35.5. The molecule has 1 unspecified atom stereocenters. The number of pyridine rings is 1. The van der Waals surface area contributed by atoms with Gasteiger partial charge in [0.25, 0.3) is 0 Å². The third-order valence-corrected chi connectivity index (χ3v) is 9.59. The summed E-state index contributed by atoms with van der Waals surface area (Å²) in [5.41, 5.74) is 1.03. The lowest BCUT2D eigenvalue weighted by Gasteiger charge is -2.31. The normalized spacial score (nSPS) is 20.0. The zero-order valence-electron chi connectivity index (χ0n) is 25.1. The summed E-state index contributed by atoms with van der Waals surface area (Å²) < 4.78 is 75.2. The Balaban J connectivity index is 1.36. The highest BCUT2D eigenvalue weighted by Gasteiger charge is 2.45. The Morgan fingerprint density at radius 2 is 1.89 bits per heavy atom. The van der Waals surface area contributed by atoms with Crippen LogP contribution in [0, 0.1) is 5.82 Å². The summed E-state index contributed by atoms with van der Waals surface area (Å²) in [7, 11) is 0. The van der Waals surface area contributed by atoms with Gasteiger partial charge in [-0.25, -0.2) is 9.07 Å². The molecule has 244 valence electrons. The van der Waals surface area contributed by atoms with Crippen LogP contribution < -0.4 is 9.47 Å². The number of rotatable bonds is 9. The van der Waals surface area contributed by atoms with Crippen molar-refractivity contribution < 1.29 is 31.8 Å². The predicted octanol–water partition coefficient (Wildman–Crippen LogP) is 7.21. The van der Waals surface area contributed by atoms with E-state index in [4.69, 9.17) is 25.8 Å². The van der Waals surface area contributed by atoms with Gasteiger partial charge in [0.1, 0.15) is 17.8 Å². The second-order valence-corrected chi connectivity index (χ2v) is 12.6. The van der Waals surface area contributed by atoms with Crippen LogP contribution in [0.2, 0.25) is 5.02 Å². The third-order valence-electron chi connectivity index (χ3n) is 9.25. The summed E-state index contributed by atoms with van der Waals surface area (Å²) >= 11 is 6.80. The summed E-state index contributed by atoms with van der Waals surface area (Å²) in [4.78, 5) is 15.3. The van der Waals surface area contributed by atoms with Gasteiger partial charge in [0, 0.05) is 28.8 Å². The number of hydrogen-bond donors (Lipinski definition) is 0. The smallest absolute Gasteiger partial charge is 0.422 e. The fraction of sp³-hybridized carbons (Fsp3) is 0.500. The van der Waals surface area contributed by atoms with E-state index in [9.17, 15) is 13.2 Å². The zero-order chi connectivity index (χ0) is 32.1. The molecule has 0 amide bonds. The molecule has 4 aromatic rings. The number of benzene rings is 1. The summed E-state index contributed by atoms with van der Waals surface area (Å²) in [6.07, 6.45) is 6.44. The molecule has 1 aromatic carbocycles. The molecule has 3 aliphatic heterocycles. The van der Waals surface area contributed by atoms with Gasteiger partial charge in [-0.1, -0.05) is 17.7 Å². The number of hydrogen-bond acceptors (Lipinski definition) is 8. The molecule has 46 heavy (non-hydrogen) atoms. The van der Waals surface area contributed by atoms with E-state index in [1.807, 2.05) is 0 Å². The highest BCUT2D eigenvalue weighted by Crippen LogP contribution is 2.42. The number of fused-ring (bicyclic) bond motifs is 3. The van der Waals surface area contributed by atoms with Gasteiger partial charge in [-0.2, -0.15) is 28.2 Å². The van der Waals surface area contributed by atoms with Crippen molar-refractivity contribution in [1.82, 2.24) is 29.6 Å². The van der Waals surface area contributed by atoms with Crippen LogP contribution in [0.1, 0.15) is 56.7 Å². The topological polar surface area (TPSA) is 87.4 Å². The lowest BCUT2D eigenvalue weighted by molar-refractivity contribution is -0.153. The van der Waals surface area contributed by atoms with E-state index in [2.05, 4.69) is 31.5 Å². The molecule has 0 aliphatic carbocycles. The van der Waals surface area contributed by atoms with Gasteiger partial charge in [0.2, 0.25) is 5.88 Å². The van der Waals surface area contributed by atoms with Crippen LogP contribution in [0.5, 0.6) is 11.9 Å². The highest BCUT2D eigenvalue weighted by molar-refractivity contribution is 6.33. The Bertz CT molecular complexity index is 1780. The van der Waals surface area contributed by atoms with Crippen LogP contribution in [0.25, 0.3) is 33.1 Å². The maximum Gasteiger partial charge on any atom is 0.422 e. The molecule has 1 atom stereocenters. The van der Waals surface area contributed by atoms with Crippen LogP contribution in [-0.4, -0.2) is 74.3 Å². The van der Waals surface area contributed by atoms with Crippen LogP contribution >= 0.6 is 11.6 Å². The van der Waals surface area contributed by atoms with Crippen molar-refractivity contribution in [1.29, 1.82) is 0 Å².